The van der Waals surface area contributed by atoms with Crippen molar-refractivity contribution in [3.05, 3.63) is 29.8 Å². The second-order valence-electron chi connectivity index (χ2n) is 6.59. The monoisotopic (exact) mass is 491 g/mol. The number of benzene rings is 1. The molecule has 0 aromatic heterocycles. The van der Waals surface area contributed by atoms with Crippen LogP contribution in [0.25, 0.3) is 0 Å². The van der Waals surface area contributed by atoms with Gasteiger partial charge in [0.05, 0.1) is 25.9 Å². The first-order valence-electron chi connectivity index (χ1n) is 9.61. The first-order valence-corrected chi connectivity index (χ1v) is 9.61. The number of nitrogens with zero attached hydrogens (tertiary/aromatic N) is 1. The topological polar surface area (TPSA) is 64.1 Å². The number of ether oxygens (including phenoxy) is 3. The molecule has 2 atom stereocenters. The van der Waals surface area contributed by atoms with Crippen molar-refractivity contribution < 1.29 is 14.2 Å². The minimum absolute atomic E-state index is 0. The lowest BCUT2D eigenvalue weighted by molar-refractivity contribution is 0.0347. The van der Waals surface area contributed by atoms with Crippen LogP contribution < -0.4 is 15.4 Å². The highest BCUT2D eigenvalue weighted by atomic mass is 127. The fraction of sp³-hybridized carbons (Fsp3) is 0.650. The number of hydrogen-bond acceptors (Lipinski definition) is 4. The third-order valence-electron chi connectivity index (χ3n) is 4.12. The molecule has 0 saturated carbocycles. The molecule has 0 radical (unpaired) electrons. The smallest absolute Gasteiger partial charge is 0.191 e. The predicted octanol–water partition coefficient (Wildman–Crippen LogP) is 3.13. The van der Waals surface area contributed by atoms with Gasteiger partial charge in [0.2, 0.25) is 0 Å². The van der Waals surface area contributed by atoms with Gasteiger partial charge >= 0.3 is 0 Å². The van der Waals surface area contributed by atoms with Crippen LogP contribution in [0.1, 0.15) is 32.3 Å². The van der Waals surface area contributed by atoms with E-state index in [0.29, 0.717) is 26.4 Å². The average molecular weight is 491 g/mol. The minimum Gasteiger partial charge on any atom is -0.493 e. The number of para-hydroxylation sites is 1. The van der Waals surface area contributed by atoms with Gasteiger partial charge in [-0.1, -0.05) is 18.2 Å². The third kappa shape index (κ3) is 9.62. The Labute approximate surface area is 180 Å². The summed E-state index contributed by atoms with van der Waals surface area (Å²) in [5.74, 6) is 1.77. The molecule has 0 amide bonds. The summed E-state index contributed by atoms with van der Waals surface area (Å²) < 4.78 is 17.0. The Morgan fingerprint density at radius 2 is 2.19 bits per heavy atom. The molecule has 0 spiro atoms. The predicted molar refractivity (Wildman–Crippen MR) is 120 cm³/mol. The number of hydrogen-bond donors (Lipinski definition) is 2. The molecule has 0 aliphatic carbocycles. The summed E-state index contributed by atoms with van der Waals surface area (Å²) >= 11 is 0. The van der Waals surface area contributed by atoms with Gasteiger partial charge < -0.3 is 24.8 Å². The van der Waals surface area contributed by atoms with Crippen LogP contribution in [0, 0.1) is 6.92 Å². The lowest BCUT2D eigenvalue weighted by Crippen LogP contribution is -2.44. The van der Waals surface area contributed by atoms with Crippen molar-refractivity contribution in [1.82, 2.24) is 10.6 Å². The lowest BCUT2D eigenvalue weighted by Gasteiger charge is -2.19. The summed E-state index contributed by atoms with van der Waals surface area (Å²) in [5, 5.41) is 6.67. The minimum atomic E-state index is 0. The zero-order valence-electron chi connectivity index (χ0n) is 16.7. The molecule has 2 rings (SSSR count). The number of guanidine groups is 1. The van der Waals surface area contributed by atoms with Gasteiger partial charge in [0.1, 0.15) is 5.75 Å². The molecule has 7 heteroatoms. The van der Waals surface area contributed by atoms with E-state index in [0.717, 1.165) is 43.3 Å². The maximum absolute atomic E-state index is 5.86. The van der Waals surface area contributed by atoms with Crippen LogP contribution in [0.3, 0.4) is 0 Å². The molecule has 1 saturated heterocycles. The van der Waals surface area contributed by atoms with Gasteiger partial charge in [-0.25, -0.2) is 0 Å². The normalized spacial score (nSPS) is 17.9. The van der Waals surface area contributed by atoms with Crippen molar-refractivity contribution in [2.45, 2.75) is 45.8 Å². The molecule has 1 heterocycles. The van der Waals surface area contributed by atoms with Crippen LogP contribution in [0.2, 0.25) is 0 Å². The number of rotatable bonds is 10. The summed E-state index contributed by atoms with van der Waals surface area (Å²) in [5.41, 5.74) is 1.16. The summed E-state index contributed by atoms with van der Waals surface area (Å²) in [7, 11) is 0. The van der Waals surface area contributed by atoms with Crippen LogP contribution in [-0.2, 0) is 9.47 Å². The van der Waals surface area contributed by atoms with Gasteiger partial charge in [0.25, 0.3) is 0 Å². The third-order valence-corrected chi connectivity index (χ3v) is 4.12. The number of halogens is 1. The number of aliphatic imine (C=N–C) groups is 1. The van der Waals surface area contributed by atoms with Crippen molar-refractivity contribution in [3.8, 4) is 5.75 Å². The van der Waals surface area contributed by atoms with E-state index in [2.05, 4.69) is 42.5 Å². The van der Waals surface area contributed by atoms with Gasteiger partial charge in [0, 0.05) is 32.2 Å². The zero-order chi connectivity index (χ0) is 18.6. The van der Waals surface area contributed by atoms with Crippen molar-refractivity contribution in [2.24, 2.45) is 4.99 Å². The van der Waals surface area contributed by atoms with Gasteiger partial charge in [-0.15, -0.1) is 24.0 Å². The lowest BCUT2D eigenvalue weighted by atomic mass is 10.2. The quantitative estimate of drug-likeness (QED) is 0.228. The van der Waals surface area contributed by atoms with Gasteiger partial charge in [0.15, 0.2) is 5.96 Å². The highest BCUT2D eigenvalue weighted by Gasteiger charge is 2.17. The standard InChI is InChI=1S/C20H33N3O3.HI/c1-4-21-20(23-17(3)14-26-18-10-13-24-15-18)22-11-7-12-25-19-9-6-5-8-16(19)2;/h5-6,8-9,17-18H,4,7,10-15H2,1-3H3,(H2,21,22,23);1H. The molecule has 1 fully saturated rings. The molecule has 154 valence electrons. The molecule has 0 bridgehead atoms. The van der Waals surface area contributed by atoms with Gasteiger partial charge in [-0.3, -0.25) is 4.99 Å². The summed E-state index contributed by atoms with van der Waals surface area (Å²) in [6.45, 7) is 10.6. The summed E-state index contributed by atoms with van der Waals surface area (Å²) in [6, 6.07) is 8.26. The molecule has 1 aromatic rings. The molecule has 2 unspecified atom stereocenters. The fourth-order valence-corrected chi connectivity index (χ4v) is 2.68. The highest BCUT2D eigenvalue weighted by Crippen LogP contribution is 2.16. The van der Waals surface area contributed by atoms with Gasteiger partial charge in [-0.2, -0.15) is 0 Å². The molecule has 6 nitrogen and oxygen atoms in total. The van der Waals surface area contributed by atoms with Crippen LogP contribution in [0.15, 0.2) is 29.3 Å². The molecule has 1 aliphatic rings. The Morgan fingerprint density at radius 1 is 1.37 bits per heavy atom. The Balaban J connectivity index is 0.00000364. The maximum atomic E-state index is 5.86. The largest absolute Gasteiger partial charge is 0.493 e. The molecular formula is C20H34IN3O3. The molecule has 1 aromatic carbocycles. The van der Waals surface area contributed by atoms with Crippen molar-refractivity contribution in [2.75, 3.05) is 39.5 Å². The Morgan fingerprint density at radius 3 is 2.89 bits per heavy atom. The first-order chi connectivity index (χ1) is 12.7. The SMILES string of the molecule is CCNC(=NCCCOc1ccccc1C)NC(C)COC1CCOC1.I. The van der Waals surface area contributed by atoms with Crippen LogP contribution in [-0.4, -0.2) is 57.6 Å². The second-order valence-corrected chi connectivity index (χ2v) is 6.59. The number of nitrogens with one attached hydrogen (secondary N) is 2. The second kappa shape index (κ2) is 14.0. The average Bonchev–Trinajstić information content (AvgIpc) is 3.15. The van der Waals surface area contributed by atoms with E-state index in [1.165, 1.54) is 0 Å². The Kier molecular flexibility index (Phi) is 12.4. The molecule has 1 aliphatic heterocycles. The number of aryl methyl sites for hydroxylation is 1. The maximum Gasteiger partial charge on any atom is 0.191 e. The van der Waals surface area contributed by atoms with E-state index in [-0.39, 0.29) is 36.1 Å². The van der Waals surface area contributed by atoms with Crippen molar-refractivity contribution >= 4 is 29.9 Å². The first kappa shape index (κ1) is 24.0. The van der Waals surface area contributed by atoms with Crippen LogP contribution in [0.4, 0.5) is 0 Å². The zero-order valence-corrected chi connectivity index (χ0v) is 19.0. The van der Waals surface area contributed by atoms with Crippen molar-refractivity contribution in [3.63, 3.8) is 0 Å². The fourth-order valence-electron chi connectivity index (χ4n) is 2.68. The van der Waals surface area contributed by atoms with Crippen molar-refractivity contribution in [1.29, 1.82) is 0 Å². The molecule has 27 heavy (non-hydrogen) atoms. The van der Waals surface area contributed by atoms with E-state index >= 15 is 0 Å². The Hall–Kier alpha value is -1.06. The van der Waals surface area contributed by atoms with E-state index in [4.69, 9.17) is 14.2 Å². The summed E-state index contributed by atoms with van der Waals surface area (Å²) in [4.78, 5) is 4.62. The van der Waals surface area contributed by atoms with E-state index in [9.17, 15) is 0 Å². The molecular weight excluding hydrogens is 457 g/mol. The highest BCUT2D eigenvalue weighted by molar-refractivity contribution is 14.0. The van der Waals surface area contributed by atoms with Gasteiger partial charge in [-0.05, 0) is 38.8 Å². The van der Waals surface area contributed by atoms with Crippen LogP contribution in [0.5, 0.6) is 5.75 Å². The van der Waals surface area contributed by atoms with Crippen LogP contribution >= 0.6 is 24.0 Å². The van der Waals surface area contributed by atoms with E-state index in [1.54, 1.807) is 0 Å². The molecule has 2 N–H and O–H groups in total. The summed E-state index contributed by atoms with van der Waals surface area (Å²) in [6.07, 6.45) is 2.09. The Bertz CT molecular complexity index is 551. The van der Waals surface area contributed by atoms with E-state index < -0.39 is 0 Å². The van der Waals surface area contributed by atoms with E-state index in [1.807, 2.05) is 18.2 Å².